The van der Waals surface area contributed by atoms with Crippen molar-refractivity contribution in [3.05, 3.63) is 29.8 Å². The molecule has 1 aliphatic rings. The molecule has 0 aliphatic carbocycles. The first kappa shape index (κ1) is 12.9. The van der Waals surface area contributed by atoms with E-state index in [2.05, 4.69) is 4.90 Å². The van der Waals surface area contributed by atoms with E-state index in [-0.39, 0.29) is 12.6 Å². The second kappa shape index (κ2) is 5.87. The summed E-state index contributed by atoms with van der Waals surface area (Å²) >= 11 is 0. The van der Waals surface area contributed by atoms with Gasteiger partial charge in [0.05, 0.1) is 12.2 Å². The van der Waals surface area contributed by atoms with Gasteiger partial charge in [0.1, 0.15) is 0 Å². The number of aliphatic hydroxyl groups excluding tert-OH is 1. The molecule has 98 valence electrons. The smallest absolute Gasteiger partial charge is 0.338 e. The lowest BCUT2D eigenvalue weighted by molar-refractivity contribution is 0.0526. The van der Waals surface area contributed by atoms with E-state index in [0.29, 0.717) is 18.1 Å². The van der Waals surface area contributed by atoms with Gasteiger partial charge in [0.25, 0.3) is 0 Å². The third-order valence-electron chi connectivity index (χ3n) is 3.27. The van der Waals surface area contributed by atoms with Crippen LogP contribution in [0.2, 0.25) is 0 Å². The van der Waals surface area contributed by atoms with Crippen molar-refractivity contribution >= 4 is 11.7 Å². The summed E-state index contributed by atoms with van der Waals surface area (Å²) in [5.41, 5.74) is 1.61. The predicted octanol–water partition coefficient (Wildman–Crippen LogP) is 1.68. The minimum atomic E-state index is -0.280. The Morgan fingerprint density at radius 3 is 3.06 bits per heavy atom. The number of carbonyl (C=O) groups excluding carboxylic acids is 1. The van der Waals surface area contributed by atoms with Crippen LogP contribution in [-0.2, 0) is 4.74 Å². The van der Waals surface area contributed by atoms with Gasteiger partial charge < -0.3 is 14.7 Å². The molecule has 1 heterocycles. The van der Waals surface area contributed by atoms with Gasteiger partial charge in [-0.25, -0.2) is 4.79 Å². The van der Waals surface area contributed by atoms with Gasteiger partial charge >= 0.3 is 5.97 Å². The van der Waals surface area contributed by atoms with Crippen molar-refractivity contribution in [2.24, 2.45) is 5.92 Å². The van der Waals surface area contributed by atoms with E-state index < -0.39 is 0 Å². The van der Waals surface area contributed by atoms with Crippen LogP contribution < -0.4 is 4.90 Å². The van der Waals surface area contributed by atoms with Crippen LogP contribution in [-0.4, -0.2) is 37.4 Å². The summed E-state index contributed by atoms with van der Waals surface area (Å²) in [7, 11) is 0. The molecule has 0 aromatic heterocycles. The summed E-state index contributed by atoms with van der Waals surface area (Å²) < 4.78 is 4.99. The lowest BCUT2D eigenvalue weighted by Crippen LogP contribution is -2.21. The fourth-order valence-corrected chi connectivity index (χ4v) is 2.26. The van der Waals surface area contributed by atoms with Crippen molar-refractivity contribution in [2.75, 3.05) is 31.2 Å². The molecule has 0 spiro atoms. The second-order valence-corrected chi connectivity index (χ2v) is 4.55. The van der Waals surface area contributed by atoms with Gasteiger partial charge in [0, 0.05) is 31.3 Å². The maximum atomic E-state index is 11.7. The Bertz CT molecular complexity index is 419. The van der Waals surface area contributed by atoms with Gasteiger partial charge in [-0.15, -0.1) is 0 Å². The number of hydrogen-bond acceptors (Lipinski definition) is 4. The van der Waals surface area contributed by atoms with Crippen LogP contribution in [0.25, 0.3) is 0 Å². The number of esters is 1. The molecule has 1 atom stereocenters. The number of anilines is 1. The minimum Gasteiger partial charge on any atom is -0.462 e. The SMILES string of the molecule is CCOC(=O)c1cccc(N2CCC(CO)C2)c1. The first-order valence-electron chi connectivity index (χ1n) is 6.37. The molecule has 4 heteroatoms. The Hall–Kier alpha value is -1.55. The zero-order chi connectivity index (χ0) is 13.0. The highest BCUT2D eigenvalue weighted by atomic mass is 16.5. The summed E-state index contributed by atoms with van der Waals surface area (Å²) in [5, 5.41) is 9.14. The Kier molecular flexibility index (Phi) is 4.20. The van der Waals surface area contributed by atoms with Crippen LogP contribution in [0.4, 0.5) is 5.69 Å². The Labute approximate surface area is 107 Å². The highest BCUT2D eigenvalue weighted by Crippen LogP contribution is 2.24. The van der Waals surface area contributed by atoms with Crippen LogP contribution >= 0.6 is 0 Å². The quantitative estimate of drug-likeness (QED) is 0.825. The third-order valence-corrected chi connectivity index (χ3v) is 3.27. The van der Waals surface area contributed by atoms with Crippen molar-refractivity contribution in [3.8, 4) is 0 Å². The second-order valence-electron chi connectivity index (χ2n) is 4.55. The van der Waals surface area contributed by atoms with Crippen molar-refractivity contribution in [1.29, 1.82) is 0 Å². The molecule has 1 fully saturated rings. The van der Waals surface area contributed by atoms with Crippen molar-refractivity contribution in [1.82, 2.24) is 0 Å². The van der Waals surface area contributed by atoms with Crippen LogP contribution in [0.15, 0.2) is 24.3 Å². The average molecular weight is 249 g/mol. The summed E-state index contributed by atoms with van der Waals surface area (Å²) in [4.78, 5) is 13.8. The van der Waals surface area contributed by atoms with E-state index in [1.807, 2.05) is 18.2 Å². The lowest BCUT2D eigenvalue weighted by Gasteiger charge is -2.19. The van der Waals surface area contributed by atoms with Gasteiger partial charge in [-0.05, 0) is 31.5 Å². The summed E-state index contributed by atoms with van der Waals surface area (Å²) in [6.07, 6.45) is 1.00. The molecule has 0 saturated carbocycles. The number of rotatable bonds is 4. The molecule has 1 aromatic carbocycles. The average Bonchev–Trinajstić information content (AvgIpc) is 2.88. The van der Waals surface area contributed by atoms with Gasteiger partial charge in [-0.2, -0.15) is 0 Å². The third kappa shape index (κ3) is 2.82. The topological polar surface area (TPSA) is 49.8 Å². The van der Waals surface area contributed by atoms with Crippen molar-refractivity contribution < 1.29 is 14.6 Å². The maximum absolute atomic E-state index is 11.7. The number of carbonyl (C=O) groups is 1. The van der Waals surface area contributed by atoms with E-state index in [4.69, 9.17) is 9.84 Å². The molecule has 1 aliphatic heterocycles. The van der Waals surface area contributed by atoms with E-state index in [1.165, 1.54) is 0 Å². The zero-order valence-corrected chi connectivity index (χ0v) is 10.6. The first-order valence-corrected chi connectivity index (χ1v) is 6.37. The molecule has 0 bridgehead atoms. The van der Waals surface area contributed by atoms with E-state index in [0.717, 1.165) is 25.2 Å². The minimum absolute atomic E-state index is 0.230. The lowest BCUT2D eigenvalue weighted by atomic mass is 10.1. The molecule has 4 nitrogen and oxygen atoms in total. The molecule has 18 heavy (non-hydrogen) atoms. The molecular weight excluding hydrogens is 230 g/mol. The van der Waals surface area contributed by atoms with Crippen LogP contribution in [0.1, 0.15) is 23.7 Å². The first-order chi connectivity index (χ1) is 8.74. The van der Waals surface area contributed by atoms with E-state index in [9.17, 15) is 4.79 Å². The molecule has 0 amide bonds. The van der Waals surface area contributed by atoms with Gasteiger partial charge in [0.2, 0.25) is 0 Å². The van der Waals surface area contributed by atoms with Crippen molar-refractivity contribution in [2.45, 2.75) is 13.3 Å². The predicted molar refractivity (Wildman–Crippen MR) is 69.8 cm³/mol. The molecule has 1 N–H and O–H groups in total. The Morgan fingerprint density at radius 1 is 1.56 bits per heavy atom. The largest absolute Gasteiger partial charge is 0.462 e. The summed E-state index contributed by atoms with van der Waals surface area (Å²) in [5.74, 6) is 0.0634. The Balaban J connectivity index is 2.10. The highest BCUT2D eigenvalue weighted by molar-refractivity contribution is 5.90. The highest BCUT2D eigenvalue weighted by Gasteiger charge is 2.22. The Morgan fingerprint density at radius 2 is 2.39 bits per heavy atom. The maximum Gasteiger partial charge on any atom is 0.338 e. The molecule has 2 rings (SSSR count). The monoisotopic (exact) mass is 249 g/mol. The normalized spacial score (nSPS) is 19.0. The van der Waals surface area contributed by atoms with Gasteiger partial charge in [0.15, 0.2) is 0 Å². The zero-order valence-electron chi connectivity index (χ0n) is 10.6. The van der Waals surface area contributed by atoms with Crippen molar-refractivity contribution in [3.63, 3.8) is 0 Å². The summed E-state index contributed by atoms with van der Waals surface area (Å²) in [6.45, 7) is 4.20. The standard InChI is InChI=1S/C14H19NO3/c1-2-18-14(17)12-4-3-5-13(8-12)15-7-6-11(9-15)10-16/h3-5,8,11,16H,2,6-7,9-10H2,1H3. The molecule has 0 radical (unpaired) electrons. The van der Waals surface area contributed by atoms with Gasteiger partial charge in [-0.1, -0.05) is 6.07 Å². The number of hydrogen-bond donors (Lipinski definition) is 1. The molecule has 1 unspecified atom stereocenters. The van der Waals surface area contributed by atoms with Gasteiger partial charge in [-0.3, -0.25) is 0 Å². The number of aliphatic hydroxyl groups is 1. The molecule has 1 saturated heterocycles. The number of benzene rings is 1. The summed E-state index contributed by atoms with van der Waals surface area (Å²) in [6, 6.07) is 7.48. The van der Waals surface area contributed by atoms with E-state index in [1.54, 1.807) is 13.0 Å². The molecular formula is C14H19NO3. The number of ether oxygens (including phenoxy) is 1. The van der Waals surface area contributed by atoms with Crippen LogP contribution in [0, 0.1) is 5.92 Å². The fraction of sp³-hybridized carbons (Fsp3) is 0.500. The fourth-order valence-electron chi connectivity index (χ4n) is 2.26. The van der Waals surface area contributed by atoms with Crippen LogP contribution in [0.3, 0.4) is 0 Å². The van der Waals surface area contributed by atoms with E-state index >= 15 is 0 Å². The molecule has 1 aromatic rings. The van der Waals surface area contributed by atoms with Crippen LogP contribution in [0.5, 0.6) is 0 Å². The number of nitrogens with zero attached hydrogens (tertiary/aromatic N) is 1.